The number of benzene rings is 1. The number of hydrogen-bond donors (Lipinski definition) is 1. The lowest BCUT2D eigenvalue weighted by atomic mass is 9.95. The third-order valence-corrected chi connectivity index (χ3v) is 7.70. The lowest BCUT2D eigenvalue weighted by Gasteiger charge is -2.28. The number of rotatable bonds is 1. The molecule has 3 heterocycles. The van der Waals surface area contributed by atoms with Crippen molar-refractivity contribution >= 4 is 39.0 Å². The van der Waals surface area contributed by atoms with Gasteiger partial charge in [0.2, 0.25) is 0 Å². The Bertz CT molecular complexity index is 1040. The zero-order chi connectivity index (χ0) is 19.3. The van der Waals surface area contributed by atoms with Crippen LogP contribution in [0.15, 0.2) is 47.1 Å². The minimum Gasteiger partial charge on any atom is -0.312 e. The normalized spacial score (nSPS) is 18.1. The molecule has 0 saturated carbocycles. The molecule has 2 amide bonds. The third-order valence-electron chi connectivity index (χ3n) is 5.84. The Labute approximate surface area is 177 Å². The Balaban J connectivity index is 1.54. The van der Waals surface area contributed by atoms with Gasteiger partial charge in [0.05, 0.1) is 12.6 Å². The van der Waals surface area contributed by atoms with E-state index in [9.17, 15) is 4.79 Å². The van der Waals surface area contributed by atoms with Gasteiger partial charge in [-0.15, -0.1) is 11.3 Å². The topological polar surface area (TPSA) is 37.3 Å². The maximum absolute atomic E-state index is 13.2. The Morgan fingerprint density at radius 3 is 2.75 bits per heavy atom. The van der Waals surface area contributed by atoms with Gasteiger partial charge in [0.1, 0.15) is 5.00 Å². The van der Waals surface area contributed by atoms with E-state index in [1.165, 1.54) is 46.0 Å². The molecule has 0 saturated heterocycles. The zero-order valence-electron chi connectivity index (χ0n) is 15.7. The molecule has 2 aromatic heterocycles. The molecule has 144 valence electrons. The van der Waals surface area contributed by atoms with Gasteiger partial charge in [-0.2, -0.15) is 0 Å². The van der Waals surface area contributed by atoms with Crippen molar-refractivity contribution in [2.75, 3.05) is 5.32 Å². The molecule has 1 atom stereocenters. The molecule has 1 N–H and O–H groups in total. The number of urea groups is 1. The highest BCUT2D eigenvalue weighted by molar-refractivity contribution is 9.10. The average molecular weight is 456 g/mol. The van der Waals surface area contributed by atoms with Crippen LogP contribution in [-0.2, 0) is 19.4 Å². The van der Waals surface area contributed by atoms with Crippen molar-refractivity contribution in [3.05, 3.63) is 68.8 Å². The summed E-state index contributed by atoms with van der Waals surface area (Å²) in [5.41, 5.74) is 4.81. The van der Waals surface area contributed by atoms with E-state index in [2.05, 4.69) is 51.1 Å². The summed E-state index contributed by atoms with van der Waals surface area (Å²) in [6.07, 6.45) is 6.96. The number of fused-ring (bicyclic) bond motifs is 5. The number of carbonyl (C=O) groups excluding carboxylic acids is 1. The molecule has 0 radical (unpaired) electrons. The summed E-state index contributed by atoms with van der Waals surface area (Å²) in [6.45, 7) is 2.78. The third kappa shape index (κ3) is 2.99. The fraction of sp³-hybridized carbons (Fsp3) is 0.318. The molecule has 6 heteroatoms. The second kappa shape index (κ2) is 7.08. The number of hydrogen-bond acceptors (Lipinski definition) is 2. The van der Waals surface area contributed by atoms with Crippen molar-refractivity contribution in [1.29, 1.82) is 0 Å². The zero-order valence-corrected chi connectivity index (χ0v) is 18.1. The number of anilines is 1. The monoisotopic (exact) mass is 455 g/mol. The first-order valence-corrected chi connectivity index (χ1v) is 11.4. The lowest BCUT2D eigenvalue weighted by Crippen LogP contribution is -2.36. The summed E-state index contributed by atoms with van der Waals surface area (Å²) in [7, 11) is 0. The lowest BCUT2D eigenvalue weighted by molar-refractivity contribution is 0.189. The predicted molar refractivity (Wildman–Crippen MR) is 117 cm³/mol. The van der Waals surface area contributed by atoms with E-state index in [4.69, 9.17) is 0 Å². The molecule has 2 aliphatic rings. The van der Waals surface area contributed by atoms with Crippen molar-refractivity contribution in [3.63, 3.8) is 0 Å². The van der Waals surface area contributed by atoms with Crippen molar-refractivity contribution in [1.82, 2.24) is 9.47 Å². The van der Waals surface area contributed by atoms with Crippen LogP contribution in [-0.4, -0.2) is 15.5 Å². The molecule has 1 aliphatic carbocycles. The molecule has 3 aromatic rings. The summed E-state index contributed by atoms with van der Waals surface area (Å²) in [6, 6.07) is 11.9. The van der Waals surface area contributed by atoms with Gasteiger partial charge >= 0.3 is 6.03 Å². The molecule has 1 aromatic carbocycles. The largest absolute Gasteiger partial charge is 0.322 e. The van der Waals surface area contributed by atoms with Crippen LogP contribution in [0.3, 0.4) is 0 Å². The second-order valence-corrected chi connectivity index (χ2v) is 9.54. The molecule has 28 heavy (non-hydrogen) atoms. The number of carbonyl (C=O) groups is 1. The maximum atomic E-state index is 13.2. The van der Waals surface area contributed by atoms with Crippen LogP contribution in [0, 0.1) is 0 Å². The first-order valence-electron chi connectivity index (χ1n) is 9.76. The summed E-state index contributed by atoms with van der Waals surface area (Å²) < 4.78 is 3.30. The number of nitrogens with zero attached hydrogens (tertiary/aromatic N) is 2. The standard InChI is InChI=1S/C22H22BrN3OS/c1-14-19-6-4-12-25(19)21-18(17-5-2-3-7-20(17)28-21)13-26(14)22(27)24-16-10-8-15(23)9-11-16/h4,6,8-12,14H,2-3,5,7,13H2,1H3,(H,24,27)/t14-/m0/s1. The molecular formula is C22H22BrN3OS. The number of halogens is 1. The molecule has 1 aliphatic heterocycles. The van der Waals surface area contributed by atoms with Crippen molar-refractivity contribution in [3.8, 4) is 5.00 Å². The van der Waals surface area contributed by atoms with Crippen LogP contribution >= 0.6 is 27.3 Å². The van der Waals surface area contributed by atoms with Gasteiger partial charge in [0, 0.05) is 32.5 Å². The summed E-state index contributed by atoms with van der Waals surface area (Å²) in [4.78, 5) is 16.7. The van der Waals surface area contributed by atoms with E-state index in [-0.39, 0.29) is 12.1 Å². The highest BCUT2D eigenvalue weighted by atomic mass is 79.9. The van der Waals surface area contributed by atoms with E-state index < -0.39 is 0 Å². The fourth-order valence-corrected chi connectivity index (χ4v) is 6.01. The molecule has 0 unspecified atom stereocenters. The van der Waals surface area contributed by atoms with E-state index >= 15 is 0 Å². The fourth-order valence-electron chi connectivity index (χ4n) is 4.34. The van der Waals surface area contributed by atoms with Crippen LogP contribution < -0.4 is 5.32 Å². The molecule has 5 rings (SSSR count). The van der Waals surface area contributed by atoms with Gasteiger partial charge in [-0.1, -0.05) is 15.9 Å². The van der Waals surface area contributed by atoms with Gasteiger partial charge < -0.3 is 14.8 Å². The van der Waals surface area contributed by atoms with Gasteiger partial charge in [-0.25, -0.2) is 4.79 Å². The number of thiophene rings is 1. The second-order valence-electron chi connectivity index (χ2n) is 7.54. The molecule has 0 fully saturated rings. The highest BCUT2D eigenvalue weighted by Crippen LogP contribution is 2.42. The minimum atomic E-state index is -0.0498. The van der Waals surface area contributed by atoms with Crippen LogP contribution in [0.5, 0.6) is 0 Å². The quantitative estimate of drug-likeness (QED) is 0.459. The number of aromatic nitrogens is 1. The van der Waals surface area contributed by atoms with Crippen LogP contribution in [0.25, 0.3) is 5.00 Å². The average Bonchev–Trinajstić information content (AvgIpc) is 3.29. The maximum Gasteiger partial charge on any atom is 0.322 e. The Hall–Kier alpha value is -2.05. The number of amides is 2. The van der Waals surface area contributed by atoms with Crippen molar-refractivity contribution < 1.29 is 4.79 Å². The SMILES string of the molecule is C[C@H]1c2cccn2-c2sc3c(c2CN1C(=O)Nc1ccc(Br)cc1)CCCC3. The summed E-state index contributed by atoms with van der Waals surface area (Å²) in [5, 5.41) is 4.39. The van der Waals surface area contributed by atoms with Gasteiger partial charge in [0.15, 0.2) is 0 Å². The first-order chi connectivity index (χ1) is 13.6. The van der Waals surface area contributed by atoms with Gasteiger partial charge in [0.25, 0.3) is 0 Å². The number of aryl methyl sites for hydroxylation is 1. The van der Waals surface area contributed by atoms with E-state index in [0.29, 0.717) is 6.54 Å². The Kier molecular flexibility index (Phi) is 4.56. The predicted octanol–water partition coefficient (Wildman–Crippen LogP) is 6.29. The van der Waals surface area contributed by atoms with Gasteiger partial charge in [-0.05, 0) is 74.6 Å². The minimum absolute atomic E-state index is 0.00397. The molecule has 0 bridgehead atoms. The first kappa shape index (κ1) is 18.0. The summed E-state index contributed by atoms with van der Waals surface area (Å²) in [5.74, 6) is 0. The van der Waals surface area contributed by atoms with Crippen LogP contribution in [0.2, 0.25) is 0 Å². The van der Waals surface area contributed by atoms with E-state index in [1.54, 1.807) is 0 Å². The summed E-state index contributed by atoms with van der Waals surface area (Å²) >= 11 is 5.36. The molecule has 4 nitrogen and oxygen atoms in total. The van der Waals surface area contributed by atoms with Crippen molar-refractivity contribution in [2.45, 2.75) is 45.2 Å². The molecule has 0 spiro atoms. The van der Waals surface area contributed by atoms with Gasteiger partial charge in [-0.3, -0.25) is 0 Å². The Morgan fingerprint density at radius 1 is 1.14 bits per heavy atom. The molecular weight excluding hydrogens is 434 g/mol. The van der Waals surface area contributed by atoms with E-state index in [1.807, 2.05) is 40.5 Å². The number of nitrogens with one attached hydrogen (secondary N) is 1. The highest BCUT2D eigenvalue weighted by Gasteiger charge is 2.32. The van der Waals surface area contributed by atoms with E-state index in [0.717, 1.165) is 16.6 Å². The van der Waals surface area contributed by atoms with Crippen LogP contribution in [0.1, 0.15) is 47.5 Å². The Morgan fingerprint density at radius 2 is 1.93 bits per heavy atom. The van der Waals surface area contributed by atoms with Crippen LogP contribution in [0.4, 0.5) is 10.5 Å². The van der Waals surface area contributed by atoms with Crippen molar-refractivity contribution in [2.24, 2.45) is 0 Å². The smallest absolute Gasteiger partial charge is 0.312 e.